The molecule has 3 heteroatoms. The minimum atomic E-state index is 0.343. The number of aromatic hydroxyl groups is 1. The third kappa shape index (κ3) is 1.02. The van der Waals surface area contributed by atoms with E-state index in [0.29, 0.717) is 5.06 Å². The fourth-order valence-electron chi connectivity index (χ4n) is 1.19. The third-order valence-corrected chi connectivity index (χ3v) is 2.79. The van der Waals surface area contributed by atoms with Crippen molar-refractivity contribution in [2.45, 2.75) is 6.92 Å². The summed E-state index contributed by atoms with van der Waals surface area (Å²) in [6.45, 7) is 1.96. The van der Waals surface area contributed by atoms with Crippen LogP contribution in [0.4, 0.5) is 5.69 Å². The summed E-state index contributed by atoms with van der Waals surface area (Å²) in [5, 5.41) is 10.6. The Hall–Kier alpha value is -1.22. The Morgan fingerprint density at radius 2 is 2.08 bits per heavy atom. The maximum absolute atomic E-state index is 9.22. The zero-order chi connectivity index (χ0) is 8.72. The predicted octanol–water partition coefficient (Wildman–Crippen LogP) is 2.50. The zero-order valence-corrected chi connectivity index (χ0v) is 7.48. The largest absolute Gasteiger partial charge is 0.499 e. The molecule has 0 fully saturated rings. The molecule has 1 heterocycles. The summed E-state index contributed by atoms with van der Waals surface area (Å²) in [4.78, 5) is 0. The molecule has 0 bridgehead atoms. The van der Waals surface area contributed by atoms with Crippen LogP contribution in [0.1, 0.15) is 5.56 Å². The Kier molecular flexibility index (Phi) is 1.48. The van der Waals surface area contributed by atoms with Gasteiger partial charge in [-0.1, -0.05) is 11.3 Å². The number of nitrogen functional groups attached to an aromatic ring is 1. The van der Waals surface area contributed by atoms with Crippen molar-refractivity contribution in [2.75, 3.05) is 5.73 Å². The SMILES string of the molecule is Cc1cc2sc(O)cc2cc1N. The Balaban J connectivity index is 2.83. The molecule has 3 N–H and O–H groups in total. The van der Waals surface area contributed by atoms with Gasteiger partial charge < -0.3 is 10.8 Å². The molecule has 0 aliphatic heterocycles. The van der Waals surface area contributed by atoms with E-state index in [0.717, 1.165) is 21.3 Å². The van der Waals surface area contributed by atoms with Gasteiger partial charge in [0.15, 0.2) is 5.06 Å². The molecule has 0 spiro atoms. The van der Waals surface area contributed by atoms with Gasteiger partial charge in [-0.25, -0.2) is 0 Å². The normalized spacial score (nSPS) is 10.8. The second kappa shape index (κ2) is 2.38. The lowest BCUT2D eigenvalue weighted by atomic mass is 10.1. The first kappa shape index (κ1) is 7.43. The first-order valence-electron chi connectivity index (χ1n) is 3.65. The third-order valence-electron chi connectivity index (χ3n) is 1.89. The summed E-state index contributed by atoms with van der Waals surface area (Å²) in [7, 11) is 0. The summed E-state index contributed by atoms with van der Waals surface area (Å²) >= 11 is 1.37. The number of fused-ring (bicyclic) bond motifs is 1. The summed E-state index contributed by atoms with van der Waals surface area (Å²) in [5.74, 6) is 0. The number of thiophene rings is 1. The highest BCUT2D eigenvalue weighted by Gasteiger charge is 2.02. The van der Waals surface area contributed by atoms with Crippen LogP contribution in [-0.4, -0.2) is 5.11 Å². The van der Waals surface area contributed by atoms with Crippen LogP contribution in [0.3, 0.4) is 0 Å². The molecule has 62 valence electrons. The highest BCUT2D eigenvalue weighted by Crippen LogP contribution is 2.32. The van der Waals surface area contributed by atoms with E-state index in [9.17, 15) is 5.11 Å². The summed E-state index contributed by atoms with van der Waals surface area (Å²) < 4.78 is 1.08. The molecule has 12 heavy (non-hydrogen) atoms. The second-order valence-corrected chi connectivity index (χ2v) is 3.89. The quantitative estimate of drug-likeness (QED) is 0.610. The number of hydrogen-bond acceptors (Lipinski definition) is 3. The summed E-state index contributed by atoms with van der Waals surface area (Å²) in [6, 6.07) is 5.62. The van der Waals surface area contributed by atoms with E-state index in [2.05, 4.69) is 0 Å². The standard InChI is InChI=1S/C9H9NOS/c1-5-2-8-6(3-7(5)10)4-9(11)12-8/h2-4,11H,10H2,1H3. The van der Waals surface area contributed by atoms with Crippen molar-refractivity contribution in [1.82, 2.24) is 0 Å². The van der Waals surface area contributed by atoms with Crippen molar-refractivity contribution in [3.8, 4) is 5.06 Å². The number of hydrogen-bond donors (Lipinski definition) is 2. The highest BCUT2D eigenvalue weighted by atomic mass is 32.1. The van der Waals surface area contributed by atoms with Gasteiger partial charge in [0.2, 0.25) is 0 Å². The van der Waals surface area contributed by atoms with Crippen LogP contribution in [0.5, 0.6) is 5.06 Å². The number of anilines is 1. The van der Waals surface area contributed by atoms with Crippen molar-refractivity contribution in [1.29, 1.82) is 0 Å². The molecule has 0 radical (unpaired) electrons. The molecule has 1 aromatic heterocycles. The molecule has 1 aromatic carbocycles. The number of aryl methyl sites for hydroxylation is 1. The minimum absolute atomic E-state index is 0.343. The van der Waals surface area contributed by atoms with Gasteiger partial charge in [-0.2, -0.15) is 0 Å². The monoisotopic (exact) mass is 179 g/mol. The first-order chi connectivity index (χ1) is 5.66. The van der Waals surface area contributed by atoms with E-state index in [-0.39, 0.29) is 0 Å². The zero-order valence-electron chi connectivity index (χ0n) is 6.66. The van der Waals surface area contributed by atoms with Gasteiger partial charge in [-0.05, 0) is 36.1 Å². The van der Waals surface area contributed by atoms with Crippen LogP contribution in [0.2, 0.25) is 0 Å². The Morgan fingerprint density at radius 3 is 2.83 bits per heavy atom. The molecule has 0 saturated carbocycles. The fourth-order valence-corrected chi connectivity index (χ4v) is 2.07. The molecule has 0 amide bonds. The molecule has 0 aliphatic carbocycles. The maximum atomic E-state index is 9.22. The van der Waals surface area contributed by atoms with Gasteiger partial charge in [0.05, 0.1) is 0 Å². The summed E-state index contributed by atoms with van der Waals surface area (Å²) in [5.41, 5.74) is 7.56. The van der Waals surface area contributed by atoms with E-state index in [1.54, 1.807) is 6.07 Å². The van der Waals surface area contributed by atoms with Crippen LogP contribution >= 0.6 is 11.3 Å². The number of nitrogens with two attached hydrogens (primary N) is 1. The topological polar surface area (TPSA) is 46.2 Å². The van der Waals surface area contributed by atoms with E-state index in [1.165, 1.54) is 11.3 Å². The molecule has 0 saturated heterocycles. The number of benzene rings is 1. The lowest BCUT2D eigenvalue weighted by Crippen LogP contribution is -1.87. The van der Waals surface area contributed by atoms with Crippen LogP contribution in [-0.2, 0) is 0 Å². The second-order valence-electron chi connectivity index (χ2n) is 2.83. The average molecular weight is 179 g/mol. The lowest BCUT2D eigenvalue weighted by Gasteiger charge is -1.97. The van der Waals surface area contributed by atoms with E-state index in [4.69, 9.17) is 5.73 Å². The number of rotatable bonds is 0. The molecule has 2 nitrogen and oxygen atoms in total. The molecule has 2 rings (SSSR count). The fraction of sp³-hybridized carbons (Fsp3) is 0.111. The van der Waals surface area contributed by atoms with Crippen molar-refractivity contribution >= 4 is 27.1 Å². The minimum Gasteiger partial charge on any atom is -0.499 e. The van der Waals surface area contributed by atoms with Crippen molar-refractivity contribution < 1.29 is 5.11 Å². The molecule has 0 atom stereocenters. The molecule has 0 aliphatic rings. The van der Waals surface area contributed by atoms with Gasteiger partial charge in [-0.3, -0.25) is 0 Å². The van der Waals surface area contributed by atoms with Gasteiger partial charge in [0.1, 0.15) is 0 Å². The van der Waals surface area contributed by atoms with E-state index >= 15 is 0 Å². The van der Waals surface area contributed by atoms with Gasteiger partial charge in [0.25, 0.3) is 0 Å². The predicted molar refractivity (Wildman–Crippen MR) is 52.6 cm³/mol. The average Bonchev–Trinajstić information content (AvgIpc) is 2.30. The van der Waals surface area contributed by atoms with Crippen molar-refractivity contribution in [2.24, 2.45) is 0 Å². The van der Waals surface area contributed by atoms with Crippen molar-refractivity contribution in [3.63, 3.8) is 0 Å². The molecule has 2 aromatic rings. The van der Waals surface area contributed by atoms with Crippen LogP contribution in [0.15, 0.2) is 18.2 Å². The van der Waals surface area contributed by atoms with Crippen LogP contribution in [0.25, 0.3) is 10.1 Å². The summed E-state index contributed by atoms with van der Waals surface area (Å²) in [6.07, 6.45) is 0. The Bertz CT molecular complexity index is 394. The highest BCUT2D eigenvalue weighted by molar-refractivity contribution is 7.20. The maximum Gasteiger partial charge on any atom is 0.172 e. The van der Waals surface area contributed by atoms with Crippen LogP contribution in [0, 0.1) is 6.92 Å². The van der Waals surface area contributed by atoms with Crippen LogP contribution < -0.4 is 5.73 Å². The molecule has 0 unspecified atom stereocenters. The Labute approximate surface area is 74.3 Å². The van der Waals surface area contributed by atoms with Gasteiger partial charge in [0, 0.05) is 10.4 Å². The van der Waals surface area contributed by atoms with E-state index < -0.39 is 0 Å². The van der Waals surface area contributed by atoms with Crippen molar-refractivity contribution in [3.05, 3.63) is 23.8 Å². The molecular weight excluding hydrogens is 170 g/mol. The first-order valence-corrected chi connectivity index (χ1v) is 4.47. The van der Waals surface area contributed by atoms with E-state index in [1.807, 2.05) is 19.1 Å². The molecular formula is C9H9NOS. The van der Waals surface area contributed by atoms with Gasteiger partial charge >= 0.3 is 0 Å². The Morgan fingerprint density at radius 1 is 1.33 bits per heavy atom. The van der Waals surface area contributed by atoms with Gasteiger partial charge in [-0.15, -0.1) is 0 Å². The lowest BCUT2D eigenvalue weighted by molar-refractivity contribution is 0.491. The smallest absolute Gasteiger partial charge is 0.172 e.